The number of anilines is 1. The summed E-state index contributed by atoms with van der Waals surface area (Å²) in [6.45, 7) is 8.15. The standard InChI is InChI=1S/C15H16F3N3O3S2.C11H15NO.CH2O2/c1-11-10-25-14(19-11)20-6-8-21(9-7-20)26(22,23)13-4-2-12(3-5-13)24-15(16,17)18;1-9(2)11-5-3-10(4-6-11)7-12-8-13;2-1-3/h2-5,10H,6-9H2,1H3;3-6,8-9H,7H2,1-2H3,(H,12,13);1H,(H,2,3). The minimum absolute atomic E-state index is 0.0643. The maximum absolute atomic E-state index is 12.7. The van der Waals surface area contributed by atoms with E-state index in [1.54, 1.807) is 0 Å². The molecule has 0 aliphatic carbocycles. The maximum atomic E-state index is 12.7. The van der Waals surface area contributed by atoms with Crippen molar-refractivity contribution in [2.24, 2.45) is 0 Å². The van der Waals surface area contributed by atoms with Crippen LogP contribution in [0.15, 0.2) is 58.8 Å². The zero-order chi connectivity index (χ0) is 31.3. The van der Waals surface area contributed by atoms with Crippen molar-refractivity contribution in [1.82, 2.24) is 14.6 Å². The number of rotatable bonds is 8. The van der Waals surface area contributed by atoms with Gasteiger partial charge in [-0.15, -0.1) is 24.5 Å². The van der Waals surface area contributed by atoms with Crippen LogP contribution in [-0.4, -0.2) is 68.2 Å². The molecule has 15 heteroatoms. The molecule has 0 unspecified atom stereocenters. The van der Waals surface area contributed by atoms with Gasteiger partial charge in [0, 0.05) is 38.1 Å². The Morgan fingerprint density at radius 3 is 2.07 bits per heavy atom. The topological polar surface area (TPSA) is 129 Å². The van der Waals surface area contributed by atoms with E-state index in [4.69, 9.17) is 9.90 Å². The number of hydrogen-bond donors (Lipinski definition) is 2. The molecule has 1 saturated heterocycles. The maximum Gasteiger partial charge on any atom is 0.573 e. The highest BCUT2D eigenvalue weighted by Crippen LogP contribution is 2.27. The highest BCUT2D eigenvalue weighted by atomic mass is 32.2. The third kappa shape index (κ3) is 10.9. The van der Waals surface area contributed by atoms with Crippen LogP contribution < -0.4 is 15.0 Å². The van der Waals surface area contributed by atoms with Crippen LogP contribution in [0.1, 0.15) is 36.6 Å². The number of ether oxygens (including phenoxy) is 1. The van der Waals surface area contributed by atoms with Gasteiger partial charge in [-0.3, -0.25) is 9.59 Å². The Bertz CT molecular complexity index is 1360. The molecule has 10 nitrogen and oxygen atoms in total. The van der Waals surface area contributed by atoms with Crippen molar-refractivity contribution >= 4 is 39.4 Å². The van der Waals surface area contributed by atoms with Gasteiger partial charge in [-0.1, -0.05) is 38.1 Å². The van der Waals surface area contributed by atoms with E-state index >= 15 is 0 Å². The second-order valence-electron chi connectivity index (χ2n) is 9.18. The van der Waals surface area contributed by atoms with Gasteiger partial charge in [0.1, 0.15) is 5.75 Å². The first-order chi connectivity index (χ1) is 19.8. The molecule has 1 aromatic heterocycles. The molecular weight excluding hydrogens is 597 g/mol. The normalized spacial score (nSPS) is 13.7. The molecule has 4 rings (SSSR count). The van der Waals surface area contributed by atoms with Crippen molar-refractivity contribution < 1.29 is 41.0 Å². The number of halogens is 3. The van der Waals surface area contributed by atoms with Gasteiger partial charge in [-0.05, 0) is 48.2 Å². The van der Waals surface area contributed by atoms with Crippen LogP contribution in [0.2, 0.25) is 0 Å². The Morgan fingerprint density at radius 1 is 1.05 bits per heavy atom. The first-order valence-electron chi connectivity index (χ1n) is 12.7. The lowest BCUT2D eigenvalue weighted by Crippen LogP contribution is -2.48. The van der Waals surface area contributed by atoms with E-state index in [2.05, 4.69) is 41.0 Å². The van der Waals surface area contributed by atoms with Crippen molar-refractivity contribution in [2.75, 3.05) is 31.1 Å². The quantitative estimate of drug-likeness (QED) is 0.345. The molecule has 230 valence electrons. The molecule has 0 atom stereocenters. The Labute approximate surface area is 246 Å². The number of carboxylic acid groups (broad SMARTS) is 1. The van der Waals surface area contributed by atoms with Gasteiger partial charge >= 0.3 is 6.36 Å². The number of benzene rings is 2. The summed E-state index contributed by atoms with van der Waals surface area (Å²) in [6.07, 6.45) is -4.10. The number of aromatic nitrogens is 1. The number of piperazine rings is 1. The van der Waals surface area contributed by atoms with Crippen molar-refractivity contribution in [3.8, 4) is 5.75 Å². The summed E-state index contributed by atoms with van der Waals surface area (Å²) >= 11 is 1.51. The van der Waals surface area contributed by atoms with Gasteiger partial charge < -0.3 is 20.1 Å². The molecule has 1 aliphatic rings. The first kappa shape index (κ1) is 34.5. The number of alkyl halides is 3. The van der Waals surface area contributed by atoms with Crippen LogP contribution in [0.25, 0.3) is 0 Å². The van der Waals surface area contributed by atoms with Crippen LogP contribution in [0.4, 0.5) is 18.3 Å². The van der Waals surface area contributed by atoms with Gasteiger partial charge in [-0.2, -0.15) is 4.31 Å². The highest BCUT2D eigenvalue weighted by Gasteiger charge is 2.32. The average Bonchev–Trinajstić information content (AvgIpc) is 3.38. The first-order valence-corrected chi connectivity index (χ1v) is 15.0. The van der Waals surface area contributed by atoms with Crippen LogP contribution in [0, 0.1) is 6.92 Å². The summed E-state index contributed by atoms with van der Waals surface area (Å²) in [6, 6.07) is 12.5. The van der Waals surface area contributed by atoms with Crippen molar-refractivity contribution in [3.63, 3.8) is 0 Å². The van der Waals surface area contributed by atoms with Crippen LogP contribution >= 0.6 is 11.3 Å². The molecule has 2 heterocycles. The highest BCUT2D eigenvalue weighted by molar-refractivity contribution is 7.89. The number of nitrogens with zero attached hydrogens (tertiary/aromatic N) is 3. The van der Waals surface area contributed by atoms with E-state index in [0.717, 1.165) is 47.1 Å². The smallest absolute Gasteiger partial charge is 0.483 e. The van der Waals surface area contributed by atoms with E-state index < -0.39 is 22.1 Å². The fourth-order valence-corrected chi connectivity index (χ4v) is 6.03. The summed E-state index contributed by atoms with van der Waals surface area (Å²) in [5, 5.41) is 12.3. The van der Waals surface area contributed by atoms with Gasteiger partial charge in [0.15, 0.2) is 5.13 Å². The second kappa shape index (κ2) is 16.1. The number of nitrogens with one attached hydrogen (secondary N) is 1. The van der Waals surface area contributed by atoms with E-state index in [1.165, 1.54) is 21.2 Å². The Kier molecular flexibility index (Phi) is 13.2. The van der Waals surface area contributed by atoms with E-state index in [1.807, 2.05) is 29.3 Å². The fraction of sp³-hybridized carbons (Fsp3) is 0.370. The van der Waals surface area contributed by atoms with Gasteiger partial charge in [-0.25, -0.2) is 13.4 Å². The summed E-state index contributed by atoms with van der Waals surface area (Å²) in [7, 11) is -3.77. The molecule has 0 radical (unpaired) electrons. The average molecular weight is 631 g/mol. The van der Waals surface area contributed by atoms with E-state index in [-0.39, 0.29) is 24.5 Å². The number of thiazole rings is 1. The Balaban J connectivity index is 0.000000322. The zero-order valence-corrected chi connectivity index (χ0v) is 24.9. The summed E-state index contributed by atoms with van der Waals surface area (Å²) < 4.78 is 67.0. The molecule has 1 aliphatic heterocycles. The lowest BCUT2D eigenvalue weighted by atomic mass is 10.0. The number of carbonyl (C=O) groups is 2. The third-order valence-electron chi connectivity index (χ3n) is 5.85. The largest absolute Gasteiger partial charge is 0.573 e. The summed E-state index contributed by atoms with van der Waals surface area (Å²) in [4.78, 5) is 24.7. The third-order valence-corrected chi connectivity index (χ3v) is 8.78. The number of carbonyl (C=O) groups excluding carboxylic acids is 1. The predicted octanol–water partition coefficient (Wildman–Crippen LogP) is 4.62. The van der Waals surface area contributed by atoms with Crippen molar-refractivity contribution in [2.45, 2.75) is 44.5 Å². The SMILES string of the molecule is CC(C)c1ccc(CNC=O)cc1.Cc1csc(N2CCN(S(=O)(=O)c3ccc(OC(F)(F)F)cc3)CC2)n1.O=CO. The lowest BCUT2D eigenvalue weighted by Gasteiger charge is -2.33. The molecule has 1 amide bonds. The van der Waals surface area contributed by atoms with Gasteiger partial charge in [0.2, 0.25) is 16.4 Å². The minimum Gasteiger partial charge on any atom is -0.483 e. The van der Waals surface area contributed by atoms with Gasteiger partial charge in [0.05, 0.1) is 10.6 Å². The molecule has 0 saturated carbocycles. The second-order valence-corrected chi connectivity index (χ2v) is 12.0. The molecule has 2 aromatic carbocycles. The van der Waals surface area contributed by atoms with Gasteiger partial charge in [0.25, 0.3) is 6.47 Å². The Hall–Kier alpha value is -3.69. The van der Waals surface area contributed by atoms with Crippen molar-refractivity contribution in [3.05, 3.63) is 70.7 Å². The monoisotopic (exact) mass is 630 g/mol. The summed E-state index contributed by atoms with van der Waals surface area (Å²) in [5.74, 6) is 0.105. The number of aryl methyl sites for hydroxylation is 1. The number of hydrogen-bond acceptors (Lipinski definition) is 8. The zero-order valence-electron chi connectivity index (χ0n) is 23.2. The molecular formula is C27H33F3N4O6S2. The Morgan fingerprint density at radius 2 is 1.62 bits per heavy atom. The molecule has 42 heavy (non-hydrogen) atoms. The van der Waals surface area contributed by atoms with E-state index in [9.17, 15) is 26.4 Å². The molecule has 3 aromatic rings. The van der Waals surface area contributed by atoms with Crippen LogP contribution in [-0.2, 0) is 26.2 Å². The van der Waals surface area contributed by atoms with Crippen LogP contribution in [0.5, 0.6) is 5.75 Å². The molecule has 0 bridgehead atoms. The van der Waals surface area contributed by atoms with E-state index in [0.29, 0.717) is 25.6 Å². The summed E-state index contributed by atoms with van der Waals surface area (Å²) in [5.41, 5.74) is 3.38. The molecule has 1 fully saturated rings. The van der Waals surface area contributed by atoms with Crippen LogP contribution in [0.3, 0.4) is 0 Å². The number of amides is 1. The fourth-order valence-electron chi connectivity index (χ4n) is 3.75. The predicted molar refractivity (Wildman–Crippen MR) is 153 cm³/mol. The molecule has 0 spiro atoms. The number of sulfonamides is 1. The van der Waals surface area contributed by atoms with Crippen molar-refractivity contribution in [1.29, 1.82) is 0 Å². The lowest BCUT2D eigenvalue weighted by molar-refractivity contribution is -0.274. The molecule has 2 N–H and O–H groups in total. The minimum atomic E-state index is -4.81.